The number of carbonyl (C=O) groups excluding carboxylic acids is 6. The van der Waals surface area contributed by atoms with Crippen molar-refractivity contribution >= 4 is 51.3 Å². The molecule has 2 amide bonds. The molecule has 2 N–H and O–H groups in total. The van der Waals surface area contributed by atoms with Crippen LogP contribution in [0.15, 0.2) is 42.5 Å². The van der Waals surface area contributed by atoms with Crippen LogP contribution in [-0.2, 0) is 72.0 Å². The van der Waals surface area contributed by atoms with Gasteiger partial charge in [0, 0.05) is 29.5 Å². The van der Waals surface area contributed by atoms with Gasteiger partial charge in [0.2, 0.25) is 0 Å². The van der Waals surface area contributed by atoms with Gasteiger partial charge in [0.1, 0.15) is 29.2 Å². The van der Waals surface area contributed by atoms with Crippen molar-refractivity contribution in [3.8, 4) is 11.5 Å². The number of esters is 4. The van der Waals surface area contributed by atoms with E-state index in [1.54, 1.807) is 27.7 Å². The highest BCUT2D eigenvalue weighted by Crippen LogP contribution is 2.58. The van der Waals surface area contributed by atoms with Gasteiger partial charge in [-0.2, -0.15) is 0 Å². The molecule has 0 saturated carbocycles. The summed E-state index contributed by atoms with van der Waals surface area (Å²) in [6, 6.07) is 9.90. The number of carbonyl (C=O) groups is 6. The third-order valence-electron chi connectivity index (χ3n) is 8.64. The zero-order valence-electron chi connectivity index (χ0n) is 32.9. The largest absolute Gasteiger partial charge is 0.530 e. The summed E-state index contributed by atoms with van der Waals surface area (Å²) in [6.07, 6.45) is -3.19. The molecule has 20 nitrogen and oxygen atoms in total. The van der Waals surface area contributed by atoms with Crippen molar-refractivity contribution in [1.29, 1.82) is 0 Å². The Hall–Kier alpha value is -4.84. The van der Waals surface area contributed by atoms with E-state index in [9.17, 15) is 37.9 Å². The molecule has 0 aliphatic carbocycles. The van der Waals surface area contributed by atoms with Crippen LogP contribution < -0.4 is 19.7 Å². The highest BCUT2D eigenvalue weighted by atomic mass is 31.2. The Bertz CT molecular complexity index is 1980. The van der Waals surface area contributed by atoms with Gasteiger partial charge in [-0.15, -0.1) is 0 Å². The number of para-hydroxylation sites is 1. The average Bonchev–Trinajstić information content (AvgIpc) is 3.18. The predicted molar refractivity (Wildman–Crippen MR) is 198 cm³/mol. The number of amides is 2. The first-order chi connectivity index (χ1) is 27.3. The number of phosphoric ester groups is 2. The summed E-state index contributed by atoms with van der Waals surface area (Å²) in [5.74, 6) is -4.98. The molecule has 1 unspecified atom stereocenters. The lowest BCUT2D eigenvalue weighted by atomic mass is 9.87. The molecule has 2 aliphatic heterocycles. The van der Waals surface area contributed by atoms with Crippen molar-refractivity contribution < 1.29 is 84.0 Å². The van der Waals surface area contributed by atoms with E-state index in [4.69, 9.17) is 41.4 Å². The highest BCUT2D eigenvalue weighted by Gasteiger charge is 2.51. The zero-order valence-corrected chi connectivity index (χ0v) is 34.7. The van der Waals surface area contributed by atoms with E-state index < -0.39 is 81.0 Å². The van der Waals surface area contributed by atoms with Crippen LogP contribution in [0.3, 0.4) is 0 Å². The molecule has 0 bridgehead atoms. The van der Waals surface area contributed by atoms with E-state index in [0.29, 0.717) is 0 Å². The van der Waals surface area contributed by atoms with Gasteiger partial charge in [-0.25, -0.2) is 18.7 Å². The van der Waals surface area contributed by atoms with Crippen molar-refractivity contribution in [3.05, 3.63) is 59.2 Å². The predicted octanol–water partition coefficient (Wildman–Crippen LogP) is 4.05. The van der Waals surface area contributed by atoms with Gasteiger partial charge < -0.3 is 38.6 Å². The fraction of sp³-hybridized carbons (Fsp3) is 0.500. The molecular weight excluding hydrogens is 810 g/mol. The smallest absolute Gasteiger partial charge is 0.469 e. The fourth-order valence-corrected chi connectivity index (χ4v) is 8.78. The van der Waals surface area contributed by atoms with Gasteiger partial charge >= 0.3 is 39.5 Å². The number of hydrogen-bond donors (Lipinski definition) is 2. The van der Waals surface area contributed by atoms with Crippen molar-refractivity contribution in [2.24, 2.45) is 10.8 Å². The van der Waals surface area contributed by atoms with Crippen molar-refractivity contribution in [1.82, 2.24) is 10.6 Å². The number of methoxy groups -OCH3 is 3. The van der Waals surface area contributed by atoms with Crippen molar-refractivity contribution in [2.45, 2.75) is 59.4 Å². The van der Waals surface area contributed by atoms with E-state index in [0.717, 1.165) is 14.2 Å². The van der Waals surface area contributed by atoms with Gasteiger partial charge in [0.25, 0.3) is 11.8 Å². The quantitative estimate of drug-likeness (QED) is 0.137. The normalized spacial score (nSPS) is 23.3. The maximum Gasteiger partial charge on any atom is 0.530 e. The summed E-state index contributed by atoms with van der Waals surface area (Å²) in [7, 11) is -5.55. The average molecular weight is 857 g/mol. The third kappa shape index (κ3) is 11.6. The van der Waals surface area contributed by atoms with Crippen LogP contribution in [-0.4, -0.2) is 95.5 Å². The summed E-state index contributed by atoms with van der Waals surface area (Å²) < 4.78 is 79.8. The van der Waals surface area contributed by atoms with Crippen LogP contribution in [0.4, 0.5) is 0 Å². The Morgan fingerprint density at radius 2 is 1.17 bits per heavy atom. The van der Waals surface area contributed by atoms with Crippen LogP contribution in [0, 0.1) is 10.8 Å². The first kappa shape index (κ1) is 45.9. The van der Waals surface area contributed by atoms with Gasteiger partial charge in [0.05, 0.1) is 47.4 Å². The molecule has 22 heteroatoms. The molecule has 0 spiro atoms. The molecule has 2 saturated heterocycles. The Morgan fingerprint density at radius 3 is 1.71 bits per heavy atom. The fourth-order valence-electron chi connectivity index (χ4n) is 5.41. The Balaban J connectivity index is 1.37. The zero-order chi connectivity index (χ0) is 42.9. The Morgan fingerprint density at radius 1 is 0.672 bits per heavy atom. The SMILES string of the molecule is COC(=O)CCNC(=O)[C@@H]1OP(=O)(Oc2cccc(COC(=O)CCNC(=O)[C@@H]3O[P@](=O)(Oc4ccccc4C(=O)OC)OCC3(C)C)c2C(=O)OC)OCC1(C)C. The second-order valence-electron chi connectivity index (χ2n) is 14.2. The second-order valence-corrected chi connectivity index (χ2v) is 17.3. The first-order valence-corrected chi connectivity index (χ1v) is 20.6. The topological polar surface area (TPSA) is 253 Å². The summed E-state index contributed by atoms with van der Waals surface area (Å²) >= 11 is 0. The number of nitrogens with one attached hydrogen (secondary N) is 2. The molecule has 0 radical (unpaired) electrons. The van der Waals surface area contributed by atoms with Crippen LogP contribution >= 0.6 is 15.6 Å². The monoisotopic (exact) mass is 856 g/mol. The summed E-state index contributed by atoms with van der Waals surface area (Å²) in [5.41, 5.74) is -2.25. The molecule has 2 aromatic rings. The summed E-state index contributed by atoms with van der Waals surface area (Å²) in [5, 5.41) is 5.06. The van der Waals surface area contributed by atoms with Crippen LogP contribution in [0.1, 0.15) is 66.8 Å². The Labute approximate surface area is 334 Å². The number of rotatable bonds is 16. The highest BCUT2D eigenvalue weighted by molar-refractivity contribution is 7.49. The third-order valence-corrected chi connectivity index (χ3v) is 11.3. The first-order valence-electron chi connectivity index (χ1n) is 17.7. The molecule has 0 aromatic heterocycles. The number of hydrogen-bond acceptors (Lipinski definition) is 18. The molecule has 4 atom stereocenters. The molecule has 4 rings (SSSR count). The van der Waals surface area contributed by atoms with Crippen LogP contribution in [0.5, 0.6) is 11.5 Å². The summed E-state index contributed by atoms with van der Waals surface area (Å²) in [4.78, 5) is 75.6. The van der Waals surface area contributed by atoms with Crippen molar-refractivity contribution in [3.63, 3.8) is 0 Å². The number of ether oxygens (including phenoxy) is 4. The van der Waals surface area contributed by atoms with Gasteiger partial charge in [-0.1, -0.05) is 52.0 Å². The minimum Gasteiger partial charge on any atom is -0.469 e. The standard InChI is InChI=1S/C36H46N2O18P2/c1-35(2)20-51-57(45,53-24-13-9-8-12-23(24)33(43)48-6)55-29(35)32(42)38-18-16-27(40)50-19-22-11-10-14-25(28(22)34(44)49-7)54-58(46)52-21-36(3,4)30(56-58)31(41)37-17-15-26(39)47-5/h8-14,29-30H,15-21H2,1-7H3,(H,37,41)(H,38,42)/t29-,30-,57-,58?/m0/s1. The number of phosphoric acid groups is 2. The lowest BCUT2D eigenvalue weighted by Crippen LogP contribution is -2.50. The Kier molecular flexibility index (Phi) is 15.2. The molecular formula is C36H46N2O18P2. The van der Waals surface area contributed by atoms with Crippen molar-refractivity contribution in [2.75, 3.05) is 47.6 Å². The van der Waals surface area contributed by atoms with Crippen LogP contribution in [0.25, 0.3) is 0 Å². The molecule has 2 aliphatic rings. The van der Waals surface area contributed by atoms with E-state index in [2.05, 4.69) is 15.4 Å². The maximum atomic E-state index is 13.7. The number of benzene rings is 2. The van der Waals surface area contributed by atoms with E-state index in [1.807, 2.05) is 0 Å². The van der Waals surface area contributed by atoms with Gasteiger partial charge in [-0.05, 0) is 18.2 Å². The van der Waals surface area contributed by atoms with Gasteiger partial charge in [0.15, 0.2) is 12.2 Å². The lowest BCUT2D eigenvalue weighted by Gasteiger charge is -2.39. The molecule has 318 valence electrons. The van der Waals surface area contributed by atoms with Crippen LogP contribution in [0.2, 0.25) is 0 Å². The molecule has 2 fully saturated rings. The minimum atomic E-state index is -4.57. The second kappa shape index (κ2) is 19.3. The van der Waals surface area contributed by atoms with E-state index in [1.165, 1.54) is 49.6 Å². The maximum absolute atomic E-state index is 13.7. The van der Waals surface area contributed by atoms with E-state index >= 15 is 0 Å². The minimum absolute atomic E-state index is 0.0488. The molecule has 2 aromatic carbocycles. The lowest BCUT2D eigenvalue weighted by molar-refractivity contribution is -0.146. The van der Waals surface area contributed by atoms with Gasteiger partial charge in [-0.3, -0.25) is 37.3 Å². The van der Waals surface area contributed by atoms with E-state index in [-0.39, 0.29) is 67.3 Å². The summed E-state index contributed by atoms with van der Waals surface area (Å²) in [6.45, 7) is 5.22. The molecule has 2 heterocycles. The molecule has 58 heavy (non-hydrogen) atoms.